The van der Waals surface area contributed by atoms with E-state index in [9.17, 15) is 4.39 Å². The van der Waals surface area contributed by atoms with Crippen molar-refractivity contribution in [2.45, 2.75) is 58.0 Å². The number of halogens is 1. The van der Waals surface area contributed by atoms with Crippen molar-refractivity contribution < 1.29 is 13.9 Å². The second-order valence-corrected chi connectivity index (χ2v) is 6.28. The van der Waals surface area contributed by atoms with Crippen molar-refractivity contribution in [1.29, 1.82) is 0 Å². The van der Waals surface area contributed by atoms with E-state index in [1.54, 1.807) is 6.07 Å². The maximum atomic E-state index is 14.5. The molecule has 1 aliphatic carbocycles. The summed E-state index contributed by atoms with van der Waals surface area (Å²) in [5.41, 5.74) is 1.03. The molecule has 1 aliphatic heterocycles. The van der Waals surface area contributed by atoms with Gasteiger partial charge in [0.25, 0.3) is 0 Å². The molecule has 1 fully saturated rings. The number of unbranched alkanes of at least 4 members (excludes halogenated alkanes) is 1. The van der Waals surface area contributed by atoms with Gasteiger partial charge in [-0.1, -0.05) is 31.6 Å². The highest BCUT2D eigenvalue weighted by atomic mass is 19.1. The van der Waals surface area contributed by atoms with E-state index >= 15 is 0 Å². The van der Waals surface area contributed by atoms with Crippen molar-refractivity contribution in [3.8, 4) is 11.5 Å². The molecule has 0 spiro atoms. The molecular formula is C19H25FO2. The second kappa shape index (κ2) is 6.72. The van der Waals surface area contributed by atoms with Gasteiger partial charge in [0.05, 0.1) is 6.61 Å². The van der Waals surface area contributed by atoms with Gasteiger partial charge in [-0.05, 0) is 44.6 Å². The molecule has 2 nitrogen and oxygen atoms in total. The van der Waals surface area contributed by atoms with Crippen LogP contribution in [0.3, 0.4) is 0 Å². The van der Waals surface area contributed by atoms with Crippen LogP contribution in [-0.2, 0) is 0 Å². The predicted molar refractivity (Wildman–Crippen MR) is 86.1 cm³/mol. The fraction of sp³-hybridized carbons (Fsp3) is 0.579. The molecule has 0 saturated heterocycles. The van der Waals surface area contributed by atoms with Crippen molar-refractivity contribution in [2.24, 2.45) is 5.92 Å². The first-order valence-corrected chi connectivity index (χ1v) is 8.53. The average molecular weight is 304 g/mol. The molecule has 1 aromatic rings. The number of benzene rings is 1. The molecule has 120 valence electrons. The smallest absolute Gasteiger partial charge is 0.207 e. The Labute approximate surface area is 132 Å². The lowest BCUT2D eigenvalue weighted by atomic mass is 9.77. The Bertz CT molecular complexity index is 553. The summed E-state index contributed by atoms with van der Waals surface area (Å²) in [6, 6.07) is 3.73. The van der Waals surface area contributed by atoms with Gasteiger partial charge in [-0.25, -0.2) is 0 Å². The monoisotopic (exact) mass is 304 g/mol. The molecule has 0 bridgehead atoms. The number of allylic oxidation sites excluding steroid dienone is 2. The van der Waals surface area contributed by atoms with Gasteiger partial charge in [0, 0.05) is 11.5 Å². The lowest BCUT2D eigenvalue weighted by Crippen LogP contribution is -2.27. The molecule has 1 aromatic carbocycles. The third-order valence-corrected chi connectivity index (χ3v) is 4.76. The molecule has 1 saturated carbocycles. The fourth-order valence-electron chi connectivity index (χ4n) is 3.66. The van der Waals surface area contributed by atoms with Crippen LogP contribution in [0, 0.1) is 11.7 Å². The highest BCUT2D eigenvalue weighted by molar-refractivity contribution is 5.48. The Morgan fingerprint density at radius 1 is 1.32 bits per heavy atom. The SMILES string of the molecule is CCC/C=C/[C@@H]1CC[C@H]2c3ccc(OCC)c(F)c3O[C@@H]2C1. The van der Waals surface area contributed by atoms with Gasteiger partial charge in [0.15, 0.2) is 11.5 Å². The molecule has 3 rings (SSSR count). The van der Waals surface area contributed by atoms with Gasteiger partial charge in [-0.3, -0.25) is 0 Å². The van der Waals surface area contributed by atoms with Crippen LogP contribution in [-0.4, -0.2) is 12.7 Å². The van der Waals surface area contributed by atoms with Crippen LogP contribution in [0.15, 0.2) is 24.3 Å². The van der Waals surface area contributed by atoms with E-state index in [2.05, 4.69) is 19.1 Å². The average Bonchev–Trinajstić information content (AvgIpc) is 2.89. The van der Waals surface area contributed by atoms with Crippen LogP contribution in [0.1, 0.15) is 57.4 Å². The molecule has 2 aliphatic rings. The first-order valence-electron chi connectivity index (χ1n) is 8.53. The summed E-state index contributed by atoms with van der Waals surface area (Å²) >= 11 is 0. The minimum atomic E-state index is -0.327. The standard InChI is InChI=1S/C19H25FO2/c1-3-5-6-7-13-8-9-14-15-10-11-16(21-4-2)18(20)19(15)22-17(14)12-13/h6-7,10-11,13-14,17H,3-5,8-9,12H2,1-2H3/b7-6+/t13-,14+,17-/m1/s1. The van der Waals surface area contributed by atoms with Crippen molar-refractivity contribution in [3.63, 3.8) is 0 Å². The number of fused-ring (bicyclic) bond motifs is 3. The quantitative estimate of drug-likeness (QED) is 0.694. The highest BCUT2D eigenvalue weighted by Gasteiger charge is 2.40. The zero-order valence-electron chi connectivity index (χ0n) is 13.5. The van der Waals surface area contributed by atoms with Crippen molar-refractivity contribution >= 4 is 0 Å². The molecule has 0 aromatic heterocycles. The normalized spacial score (nSPS) is 26.6. The van der Waals surface area contributed by atoms with Gasteiger partial charge >= 0.3 is 0 Å². The largest absolute Gasteiger partial charge is 0.491 e. The minimum Gasteiger partial charge on any atom is -0.491 e. The van der Waals surface area contributed by atoms with Gasteiger partial charge in [-0.15, -0.1) is 0 Å². The van der Waals surface area contributed by atoms with Crippen molar-refractivity contribution in [2.75, 3.05) is 6.61 Å². The Kier molecular flexibility index (Phi) is 4.70. The first-order chi connectivity index (χ1) is 10.7. The Hall–Kier alpha value is -1.51. The third-order valence-electron chi connectivity index (χ3n) is 4.76. The van der Waals surface area contributed by atoms with E-state index < -0.39 is 0 Å². The van der Waals surface area contributed by atoms with Gasteiger partial charge in [-0.2, -0.15) is 4.39 Å². The lowest BCUT2D eigenvalue weighted by Gasteiger charge is -2.29. The topological polar surface area (TPSA) is 18.5 Å². The van der Waals surface area contributed by atoms with Gasteiger partial charge < -0.3 is 9.47 Å². The molecule has 1 heterocycles. The minimum absolute atomic E-state index is 0.117. The first kappa shape index (κ1) is 15.4. The van der Waals surface area contributed by atoms with Crippen LogP contribution in [0.5, 0.6) is 11.5 Å². The van der Waals surface area contributed by atoms with E-state index in [0.29, 0.717) is 29.9 Å². The third kappa shape index (κ3) is 2.86. The van der Waals surface area contributed by atoms with Crippen molar-refractivity contribution in [1.82, 2.24) is 0 Å². The summed E-state index contributed by atoms with van der Waals surface area (Å²) in [5, 5.41) is 0. The number of ether oxygens (including phenoxy) is 2. The molecule has 0 unspecified atom stereocenters. The lowest BCUT2D eigenvalue weighted by molar-refractivity contribution is 0.139. The van der Waals surface area contributed by atoms with E-state index in [1.807, 2.05) is 13.0 Å². The van der Waals surface area contributed by atoms with E-state index in [-0.39, 0.29) is 11.9 Å². The molecule has 0 N–H and O–H groups in total. The molecule has 3 atom stereocenters. The van der Waals surface area contributed by atoms with Gasteiger partial charge in [0.1, 0.15) is 6.10 Å². The van der Waals surface area contributed by atoms with E-state index in [0.717, 1.165) is 24.8 Å². The van der Waals surface area contributed by atoms with Crippen LogP contribution >= 0.6 is 0 Å². The molecule has 0 radical (unpaired) electrons. The van der Waals surface area contributed by atoms with Crippen LogP contribution in [0.4, 0.5) is 4.39 Å². The Morgan fingerprint density at radius 3 is 2.95 bits per heavy atom. The number of hydrogen-bond acceptors (Lipinski definition) is 2. The number of hydrogen-bond donors (Lipinski definition) is 0. The molecular weight excluding hydrogens is 279 g/mol. The summed E-state index contributed by atoms with van der Waals surface area (Å²) in [6.07, 6.45) is 10.3. The van der Waals surface area contributed by atoms with Crippen LogP contribution < -0.4 is 9.47 Å². The summed E-state index contributed by atoms with van der Waals surface area (Å²) < 4.78 is 25.8. The van der Waals surface area contributed by atoms with E-state index in [1.165, 1.54) is 12.8 Å². The summed E-state index contributed by atoms with van der Waals surface area (Å²) in [4.78, 5) is 0. The molecule has 22 heavy (non-hydrogen) atoms. The number of rotatable bonds is 5. The highest BCUT2D eigenvalue weighted by Crippen LogP contribution is 2.49. The van der Waals surface area contributed by atoms with Crippen LogP contribution in [0.25, 0.3) is 0 Å². The maximum absolute atomic E-state index is 14.5. The van der Waals surface area contributed by atoms with Crippen molar-refractivity contribution in [3.05, 3.63) is 35.7 Å². The van der Waals surface area contributed by atoms with Crippen LogP contribution in [0.2, 0.25) is 0 Å². The summed E-state index contributed by atoms with van der Waals surface area (Å²) in [7, 11) is 0. The molecule has 3 heteroatoms. The second-order valence-electron chi connectivity index (χ2n) is 6.28. The van der Waals surface area contributed by atoms with E-state index in [4.69, 9.17) is 9.47 Å². The zero-order valence-corrected chi connectivity index (χ0v) is 13.5. The predicted octanol–water partition coefficient (Wildman–Crippen LogP) is 5.23. The Morgan fingerprint density at radius 2 is 2.18 bits per heavy atom. The molecule has 0 amide bonds. The fourth-order valence-corrected chi connectivity index (χ4v) is 3.66. The maximum Gasteiger partial charge on any atom is 0.207 e. The van der Waals surface area contributed by atoms with Gasteiger partial charge in [0.2, 0.25) is 5.82 Å². The zero-order chi connectivity index (χ0) is 15.5. The Balaban J connectivity index is 1.74. The summed E-state index contributed by atoms with van der Waals surface area (Å²) in [5.74, 6) is 1.32. The summed E-state index contributed by atoms with van der Waals surface area (Å²) in [6.45, 7) is 4.52.